The summed E-state index contributed by atoms with van der Waals surface area (Å²) in [7, 11) is 0. The molecule has 0 saturated heterocycles. The standard InChI is InChI=1S/C17H18F3NO3.Na/c18-17(19,20)10-14(11-6-2-1-3-7-11)21-15(22)12-8-4-5-9-13(12)16(23)24;/h1-7,12-14H,8-10H2,(H,21,22)(H,23,24);/q;+1/p-1. The second kappa shape index (κ2) is 9.40. The number of amides is 1. The molecule has 1 amide bonds. The molecule has 8 heteroatoms. The third-order valence-electron chi connectivity index (χ3n) is 4.03. The van der Waals surface area contributed by atoms with E-state index >= 15 is 0 Å². The van der Waals surface area contributed by atoms with Crippen LogP contribution in [0, 0.1) is 11.8 Å². The fourth-order valence-electron chi connectivity index (χ4n) is 2.81. The number of carbonyl (C=O) groups excluding carboxylic acids is 2. The molecule has 1 aromatic rings. The van der Waals surface area contributed by atoms with Gasteiger partial charge in [-0.2, -0.15) is 13.2 Å². The summed E-state index contributed by atoms with van der Waals surface area (Å²) >= 11 is 0. The van der Waals surface area contributed by atoms with Crippen molar-refractivity contribution in [1.82, 2.24) is 5.32 Å². The average molecular weight is 363 g/mol. The van der Waals surface area contributed by atoms with Crippen molar-refractivity contribution in [2.75, 3.05) is 0 Å². The Morgan fingerprint density at radius 1 is 1.12 bits per heavy atom. The molecule has 0 spiro atoms. The normalized spacial score (nSPS) is 21.1. The van der Waals surface area contributed by atoms with Crippen LogP contribution < -0.4 is 40.0 Å². The Morgan fingerprint density at radius 2 is 1.68 bits per heavy atom. The number of halogens is 3. The van der Waals surface area contributed by atoms with Crippen molar-refractivity contribution in [3.8, 4) is 0 Å². The number of aliphatic carboxylic acids is 1. The van der Waals surface area contributed by atoms with E-state index in [1.165, 1.54) is 12.1 Å². The molecule has 25 heavy (non-hydrogen) atoms. The van der Waals surface area contributed by atoms with Crippen molar-refractivity contribution in [1.29, 1.82) is 0 Å². The van der Waals surface area contributed by atoms with Crippen molar-refractivity contribution < 1.29 is 57.4 Å². The van der Waals surface area contributed by atoms with Crippen LogP contribution >= 0.6 is 0 Å². The van der Waals surface area contributed by atoms with Crippen LogP contribution in [0.3, 0.4) is 0 Å². The molecule has 0 saturated carbocycles. The predicted octanol–water partition coefficient (Wildman–Crippen LogP) is -0.867. The number of allylic oxidation sites excluding steroid dienone is 2. The molecule has 0 aliphatic heterocycles. The number of carboxylic acids is 1. The second-order valence-electron chi connectivity index (χ2n) is 5.77. The summed E-state index contributed by atoms with van der Waals surface area (Å²) < 4.78 is 38.5. The maximum Gasteiger partial charge on any atom is 1.00 e. The van der Waals surface area contributed by atoms with E-state index in [1.807, 2.05) is 0 Å². The van der Waals surface area contributed by atoms with Gasteiger partial charge in [0.2, 0.25) is 5.91 Å². The Morgan fingerprint density at radius 3 is 2.20 bits per heavy atom. The van der Waals surface area contributed by atoms with E-state index in [9.17, 15) is 27.9 Å². The van der Waals surface area contributed by atoms with Gasteiger partial charge >= 0.3 is 35.7 Å². The molecule has 1 aliphatic carbocycles. The quantitative estimate of drug-likeness (QED) is 0.546. The van der Waals surface area contributed by atoms with E-state index < -0.39 is 42.4 Å². The number of carbonyl (C=O) groups is 2. The Kier molecular flexibility index (Phi) is 8.18. The zero-order valence-corrected chi connectivity index (χ0v) is 15.8. The topological polar surface area (TPSA) is 69.2 Å². The molecule has 3 unspecified atom stereocenters. The molecule has 2 rings (SSSR count). The van der Waals surface area contributed by atoms with Gasteiger partial charge in [0.1, 0.15) is 0 Å². The minimum absolute atomic E-state index is 0. The molecule has 130 valence electrons. The van der Waals surface area contributed by atoms with E-state index in [4.69, 9.17) is 0 Å². The first-order valence-corrected chi connectivity index (χ1v) is 7.56. The maximum absolute atomic E-state index is 12.8. The summed E-state index contributed by atoms with van der Waals surface area (Å²) in [5.74, 6) is -4.03. The molecule has 0 aromatic heterocycles. The minimum atomic E-state index is -4.46. The van der Waals surface area contributed by atoms with E-state index in [1.54, 1.807) is 30.4 Å². The third kappa shape index (κ3) is 6.49. The molecule has 0 radical (unpaired) electrons. The number of hydrogen-bond donors (Lipinski definition) is 1. The number of hydrogen-bond acceptors (Lipinski definition) is 3. The van der Waals surface area contributed by atoms with Crippen LogP contribution in [0.4, 0.5) is 13.2 Å². The SMILES string of the molecule is O=C([O-])C1CC=CCC1C(=O)NC(CC(F)(F)F)c1ccccc1.[Na+]. The first kappa shape index (κ1) is 21.7. The fraction of sp³-hybridized carbons (Fsp3) is 0.412. The van der Waals surface area contributed by atoms with Crippen LogP contribution in [-0.4, -0.2) is 18.1 Å². The monoisotopic (exact) mass is 363 g/mol. The first-order valence-electron chi connectivity index (χ1n) is 7.56. The number of carboxylic acid groups (broad SMARTS) is 1. The number of benzene rings is 1. The van der Waals surface area contributed by atoms with Crippen molar-refractivity contribution in [2.45, 2.75) is 31.5 Å². The fourth-order valence-corrected chi connectivity index (χ4v) is 2.81. The van der Waals surface area contributed by atoms with E-state index in [2.05, 4.69) is 5.32 Å². The van der Waals surface area contributed by atoms with Crippen LogP contribution in [0.5, 0.6) is 0 Å². The van der Waals surface area contributed by atoms with E-state index in [-0.39, 0.29) is 42.4 Å². The molecule has 0 fully saturated rings. The summed E-state index contributed by atoms with van der Waals surface area (Å²) in [5, 5.41) is 13.5. The first-order chi connectivity index (χ1) is 11.3. The largest absolute Gasteiger partial charge is 1.00 e. The van der Waals surface area contributed by atoms with Crippen molar-refractivity contribution in [3.63, 3.8) is 0 Å². The van der Waals surface area contributed by atoms with Crippen molar-refractivity contribution >= 4 is 11.9 Å². The third-order valence-corrected chi connectivity index (χ3v) is 4.03. The minimum Gasteiger partial charge on any atom is -0.550 e. The van der Waals surface area contributed by atoms with Crippen LogP contribution in [0.25, 0.3) is 0 Å². The zero-order chi connectivity index (χ0) is 17.7. The molecule has 0 bridgehead atoms. The summed E-state index contributed by atoms with van der Waals surface area (Å²) in [4.78, 5) is 23.5. The summed E-state index contributed by atoms with van der Waals surface area (Å²) in [6.45, 7) is 0. The summed E-state index contributed by atoms with van der Waals surface area (Å²) in [5.41, 5.74) is 0.319. The van der Waals surface area contributed by atoms with Gasteiger partial charge in [0.25, 0.3) is 0 Å². The molecule has 4 nitrogen and oxygen atoms in total. The van der Waals surface area contributed by atoms with Gasteiger partial charge in [-0.25, -0.2) is 0 Å². The molecular formula is C17H17F3NNaO3. The molecule has 1 aromatic carbocycles. The summed E-state index contributed by atoms with van der Waals surface area (Å²) in [6.07, 6.45) is -2.09. The summed E-state index contributed by atoms with van der Waals surface area (Å²) in [6, 6.07) is 6.55. The van der Waals surface area contributed by atoms with Crippen LogP contribution in [-0.2, 0) is 9.59 Å². The van der Waals surface area contributed by atoms with Gasteiger partial charge in [-0.1, -0.05) is 42.5 Å². The van der Waals surface area contributed by atoms with Crippen molar-refractivity contribution in [3.05, 3.63) is 48.0 Å². The van der Waals surface area contributed by atoms with Gasteiger partial charge in [0, 0.05) is 17.8 Å². The van der Waals surface area contributed by atoms with Gasteiger partial charge in [-0.05, 0) is 18.4 Å². The van der Waals surface area contributed by atoms with Gasteiger partial charge < -0.3 is 15.2 Å². The molecule has 1 N–H and O–H groups in total. The van der Waals surface area contributed by atoms with E-state index in [0.29, 0.717) is 5.56 Å². The second-order valence-corrected chi connectivity index (χ2v) is 5.77. The predicted molar refractivity (Wildman–Crippen MR) is 78.4 cm³/mol. The van der Waals surface area contributed by atoms with E-state index in [0.717, 1.165) is 0 Å². The van der Waals surface area contributed by atoms with Crippen molar-refractivity contribution in [2.24, 2.45) is 11.8 Å². The zero-order valence-electron chi connectivity index (χ0n) is 13.8. The molecule has 3 atom stereocenters. The molecule has 0 heterocycles. The number of rotatable bonds is 5. The van der Waals surface area contributed by atoms with Crippen LogP contribution in [0.15, 0.2) is 42.5 Å². The number of alkyl halides is 3. The maximum atomic E-state index is 12.8. The Balaban J connectivity index is 0.00000312. The van der Waals surface area contributed by atoms with Gasteiger partial charge in [-0.3, -0.25) is 4.79 Å². The smallest absolute Gasteiger partial charge is 0.550 e. The number of nitrogens with one attached hydrogen (secondary N) is 1. The Labute approximate surface area is 165 Å². The Bertz CT molecular complexity index is 619. The molecular weight excluding hydrogens is 346 g/mol. The van der Waals surface area contributed by atoms with Crippen LogP contribution in [0.2, 0.25) is 0 Å². The van der Waals surface area contributed by atoms with Gasteiger partial charge in [-0.15, -0.1) is 0 Å². The Hall–Kier alpha value is -1.31. The van der Waals surface area contributed by atoms with Gasteiger partial charge in [0.15, 0.2) is 0 Å². The average Bonchev–Trinajstić information content (AvgIpc) is 2.53. The molecule has 1 aliphatic rings. The van der Waals surface area contributed by atoms with Crippen LogP contribution in [0.1, 0.15) is 30.9 Å². The van der Waals surface area contributed by atoms with Gasteiger partial charge in [0.05, 0.1) is 12.5 Å².